The first-order valence-electron chi connectivity index (χ1n) is 7.07. The van der Waals surface area contributed by atoms with E-state index >= 15 is 0 Å². The second-order valence-electron chi connectivity index (χ2n) is 5.11. The molecule has 2 rings (SSSR count). The van der Waals surface area contributed by atoms with Gasteiger partial charge in [-0.1, -0.05) is 0 Å². The van der Waals surface area contributed by atoms with Gasteiger partial charge in [-0.3, -0.25) is 0 Å². The van der Waals surface area contributed by atoms with E-state index in [9.17, 15) is 5.11 Å². The maximum absolute atomic E-state index is 9.40. The third-order valence-electron chi connectivity index (χ3n) is 3.53. The number of benzene rings is 1. The lowest BCUT2D eigenvalue weighted by Gasteiger charge is -2.25. The smallest absolute Gasteiger partial charge is 0.119 e. The molecule has 1 aromatic carbocycles. The van der Waals surface area contributed by atoms with Gasteiger partial charge in [-0.05, 0) is 44.5 Å². The van der Waals surface area contributed by atoms with Gasteiger partial charge < -0.3 is 20.1 Å². The normalized spacial score (nSPS) is 24.1. The predicted octanol–water partition coefficient (Wildman–Crippen LogP) is 1.63. The van der Waals surface area contributed by atoms with Crippen LogP contribution in [0.5, 0.6) is 5.75 Å². The molecule has 1 aliphatic rings. The van der Waals surface area contributed by atoms with Gasteiger partial charge in [-0.2, -0.15) is 0 Å². The summed E-state index contributed by atoms with van der Waals surface area (Å²) >= 11 is 0. The minimum Gasteiger partial charge on any atom is -0.494 e. The average Bonchev–Trinajstić information content (AvgIpc) is 2.62. The molecule has 1 heterocycles. The van der Waals surface area contributed by atoms with Crippen molar-refractivity contribution in [2.75, 3.05) is 31.2 Å². The number of anilines is 1. The van der Waals surface area contributed by atoms with Crippen LogP contribution in [0.1, 0.15) is 20.3 Å². The number of ether oxygens (including phenoxy) is 1. The van der Waals surface area contributed by atoms with E-state index in [-0.39, 0.29) is 12.6 Å². The predicted molar refractivity (Wildman–Crippen MR) is 77.9 cm³/mol. The molecule has 4 heteroatoms. The van der Waals surface area contributed by atoms with Crippen molar-refractivity contribution < 1.29 is 9.84 Å². The molecule has 0 radical (unpaired) electrons. The highest BCUT2D eigenvalue weighted by Gasteiger charge is 2.20. The Bertz CT molecular complexity index is 380. The highest BCUT2D eigenvalue weighted by molar-refractivity contribution is 5.49. The molecule has 2 atom stereocenters. The first-order valence-corrected chi connectivity index (χ1v) is 7.07. The third-order valence-corrected chi connectivity index (χ3v) is 3.53. The van der Waals surface area contributed by atoms with Gasteiger partial charge in [0.1, 0.15) is 5.75 Å². The van der Waals surface area contributed by atoms with Gasteiger partial charge in [0.05, 0.1) is 13.2 Å². The van der Waals surface area contributed by atoms with Crippen molar-refractivity contribution in [3.63, 3.8) is 0 Å². The summed E-state index contributed by atoms with van der Waals surface area (Å²) in [6, 6.07) is 8.79. The molecule has 0 saturated carbocycles. The van der Waals surface area contributed by atoms with Crippen LogP contribution in [0.4, 0.5) is 5.69 Å². The Morgan fingerprint density at radius 2 is 2.11 bits per heavy atom. The van der Waals surface area contributed by atoms with Crippen molar-refractivity contribution in [1.29, 1.82) is 0 Å². The van der Waals surface area contributed by atoms with Gasteiger partial charge >= 0.3 is 0 Å². The highest BCUT2D eigenvalue weighted by Crippen LogP contribution is 2.21. The summed E-state index contributed by atoms with van der Waals surface area (Å²) in [5.41, 5.74) is 1.19. The molecule has 1 saturated heterocycles. The van der Waals surface area contributed by atoms with Crippen molar-refractivity contribution in [3.8, 4) is 5.75 Å². The number of aliphatic hydroxyl groups excluding tert-OH is 1. The zero-order valence-corrected chi connectivity index (χ0v) is 11.8. The molecule has 1 aliphatic heterocycles. The van der Waals surface area contributed by atoms with Gasteiger partial charge in [0.15, 0.2) is 0 Å². The molecular weight excluding hydrogens is 240 g/mol. The summed E-state index contributed by atoms with van der Waals surface area (Å²) < 4.78 is 5.46. The lowest BCUT2D eigenvalue weighted by atomic mass is 10.2. The quantitative estimate of drug-likeness (QED) is 0.867. The fourth-order valence-electron chi connectivity index (χ4n) is 2.51. The minimum atomic E-state index is 0.143. The fraction of sp³-hybridized carbons (Fsp3) is 0.600. The summed E-state index contributed by atoms with van der Waals surface area (Å²) in [7, 11) is 0. The van der Waals surface area contributed by atoms with Crippen molar-refractivity contribution in [3.05, 3.63) is 24.3 Å². The van der Waals surface area contributed by atoms with Crippen molar-refractivity contribution in [2.45, 2.75) is 32.4 Å². The molecular formula is C15H24N2O2. The molecule has 0 aliphatic carbocycles. The Hall–Kier alpha value is -1.26. The van der Waals surface area contributed by atoms with Gasteiger partial charge in [-0.25, -0.2) is 0 Å². The first-order chi connectivity index (χ1) is 9.22. The number of hydrogen-bond donors (Lipinski definition) is 2. The van der Waals surface area contributed by atoms with Crippen LogP contribution >= 0.6 is 0 Å². The Kier molecular flexibility index (Phi) is 5.05. The molecule has 106 valence electrons. The first kappa shape index (κ1) is 14.2. The molecule has 19 heavy (non-hydrogen) atoms. The maximum atomic E-state index is 9.40. The average molecular weight is 264 g/mol. The monoisotopic (exact) mass is 264 g/mol. The zero-order valence-electron chi connectivity index (χ0n) is 11.8. The summed E-state index contributed by atoms with van der Waals surface area (Å²) in [4.78, 5) is 2.33. The largest absolute Gasteiger partial charge is 0.494 e. The Morgan fingerprint density at radius 1 is 1.37 bits per heavy atom. The summed E-state index contributed by atoms with van der Waals surface area (Å²) in [5.74, 6) is 0.909. The fourth-order valence-corrected chi connectivity index (χ4v) is 2.51. The van der Waals surface area contributed by atoms with E-state index in [1.54, 1.807) is 0 Å². The summed E-state index contributed by atoms with van der Waals surface area (Å²) in [5, 5.41) is 12.8. The van der Waals surface area contributed by atoms with Crippen LogP contribution in [-0.2, 0) is 0 Å². The van der Waals surface area contributed by atoms with Gasteiger partial charge in [0.2, 0.25) is 0 Å². The van der Waals surface area contributed by atoms with Crippen LogP contribution in [0.15, 0.2) is 24.3 Å². The number of aliphatic hydroxyl groups is 1. The minimum absolute atomic E-state index is 0.143. The number of rotatable bonds is 4. The standard InChI is InChI=1S/C15H24N2O2/c1-3-19-15-6-4-14(5-7-15)17-9-8-12(2)16-13(10-17)11-18/h4-7,12-13,16,18H,3,8-11H2,1-2H3. The Morgan fingerprint density at radius 3 is 2.74 bits per heavy atom. The molecule has 1 fully saturated rings. The molecule has 0 spiro atoms. The number of nitrogens with zero attached hydrogens (tertiary/aromatic N) is 1. The van der Waals surface area contributed by atoms with Crippen LogP contribution in [0, 0.1) is 0 Å². The number of nitrogens with one attached hydrogen (secondary N) is 1. The molecule has 2 N–H and O–H groups in total. The maximum Gasteiger partial charge on any atom is 0.119 e. The highest BCUT2D eigenvalue weighted by atomic mass is 16.5. The second-order valence-corrected chi connectivity index (χ2v) is 5.11. The third kappa shape index (κ3) is 3.85. The van der Waals surface area contributed by atoms with E-state index in [0.29, 0.717) is 12.6 Å². The molecule has 0 aromatic heterocycles. The summed E-state index contributed by atoms with van der Waals surface area (Å²) in [6.07, 6.45) is 1.09. The lowest BCUT2D eigenvalue weighted by molar-refractivity contribution is 0.240. The van der Waals surface area contributed by atoms with Crippen LogP contribution in [0.2, 0.25) is 0 Å². The Labute approximate surface area is 115 Å². The van der Waals surface area contributed by atoms with E-state index < -0.39 is 0 Å². The molecule has 1 aromatic rings. The van der Waals surface area contributed by atoms with Crippen LogP contribution in [0.25, 0.3) is 0 Å². The van der Waals surface area contributed by atoms with E-state index in [1.165, 1.54) is 5.69 Å². The van der Waals surface area contributed by atoms with Crippen LogP contribution in [0.3, 0.4) is 0 Å². The van der Waals surface area contributed by atoms with E-state index in [1.807, 2.05) is 19.1 Å². The van der Waals surface area contributed by atoms with E-state index in [4.69, 9.17) is 4.74 Å². The number of hydrogen-bond acceptors (Lipinski definition) is 4. The molecule has 0 amide bonds. The van der Waals surface area contributed by atoms with E-state index in [2.05, 4.69) is 29.3 Å². The van der Waals surface area contributed by atoms with Crippen molar-refractivity contribution >= 4 is 5.69 Å². The van der Waals surface area contributed by atoms with Crippen molar-refractivity contribution in [2.24, 2.45) is 0 Å². The second kappa shape index (κ2) is 6.78. The lowest BCUT2D eigenvalue weighted by Crippen LogP contribution is -2.42. The van der Waals surface area contributed by atoms with Crippen LogP contribution < -0.4 is 15.0 Å². The zero-order chi connectivity index (χ0) is 13.7. The van der Waals surface area contributed by atoms with Gasteiger partial charge in [0, 0.05) is 30.9 Å². The van der Waals surface area contributed by atoms with Crippen molar-refractivity contribution in [1.82, 2.24) is 5.32 Å². The molecule has 4 nitrogen and oxygen atoms in total. The van der Waals surface area contributed by atoms with E-state index in [0.717, 1.165) is 25.3 Å². The van der Waals surface area contributed by atoms with Gasteiger partial charge in [0.25, 0.3) is 0 Å². The SMILES string of the molecule is CCOc1ccc(N2CCC(C)NC(CO)C2)cc1. The van der Waals surface area contributed by atoms with Crippen LogP contribution in [-0.4, -0.2) is 43.5 Å². The topological polar surface area (TPSA) is 44.7 Å². The Balaban J connectivity index is 2.06. The molecule has 2 unspecified atom stereocenters. The molecule has 0 bridgehead atoms. The summed E-state index contributed by atoms with van der Waals surface area (Å²) in [6.45, 7) is 6.88. The van der Waals surface area contributed by atoms with Gasteiger partial charge in [-0.15, -0.1) is 0 Å².